The van der Waals surface area contributed by atoms with Gasteiger partial charge in [0.15, 0.2) is 0 Å². The first kappa shape index (κ1) is 12.0. The molecule has 0 saturated carbocycles. The average molecular weight is 230 g/mol. The molecule has 17 heavy (non-hydrogen) atoms. The van der Waals surface area contributed by atoms with Gasteiger partial charge in [0.1, 0.15) is 0 Å². The molecule has 1 aromatic carbocycles. The van der Waals surface area contributed by atoms with Crippen LogP contribution in [0, 0.1) is 5.92 Å². The number of aliphatic hydroxyl groups is 1. The van der Waals surface area contributed by atoms with Crippen LogP contribution in [0.5, 0.6) is 0 Å². The lowest BCUT2D eigenvalue weighted by Crippen LogP contribution is -2.09. The minimum Gasteiger partial charge on any atom is -0.388 e. The fourth-order valence-corrected chi connectivity index (χ4v) is 2.11. The van der Waals surface area contributed by atoms with Crippen molar-refractivity contribution in [3.8, 4) is 0 Å². The molecular formula is C14H18N2O. The molecule has 90 valence electrons. The zero-order chi connectivity index (χ0) is 12.3. The summed E-state index contributed by atoms with van der Waals surface area (Å²) in [5, 5.41) is 10.2. The Kier molecular flexibility index (Phi) is 3.69. The van der Waals surface area contributed by atoms with E-state index in [1.54, 1.807) is 12.4 Å². The number of benzene rings is 1. The molecule has 3 heteroatoms. The summed E-state index contributed by atoms with van der Waals surface area (Å²) in [4.78, 5) is 8.47. The van der Waals surface area contributed by atoms with Crippen molar-refractivity contribution in [1.29, 1.82) is 0 Å². The first-order valence-electron chi connectivity index (χ1n) is 6.11. The Morgan fingerprint density at radius 2 is 1.88 bits per heavy atom. The minimum absolute atomic E-state index is 0.272. The van der Waals surface area contributed by atoms with E-state index in [1.807, 2.05) is 18.2 Å². The molecule has 0 spiro atoms. The van der Waals surface area contributed by atoms with Crippen molar-refractivity contribution < 1.29 is 5.11 Å². The molecule has 0 aliphatic carbocycles. The van der Waals surface area contributed by atoms with Crippen molar-refractivity contribution in [3.05, 3.63) is 36.2 Å². The SMILES string of the molecule is CCCC(C)C(O)c1ccc2nccnc2c1. The zero-order valence-corrected chi connectivity index (χ0v) is 10.3. The Labute approximate surface area is 102 Å². The molecule has 2 rings (SSSR count). The summed E-state index contributed by atoms with van der Waals surface area (Å²) in [5.41, 5.74) is 2.64. The summed E-state index contributed by atoms with van der Waals surface area (Å²) in [5.74, 6) is 0.272. The molecule has 0 fully saturated rings. The highest BCUT2D eigenvalue weighted by Gasteiger charge is 2.15. The second-order valence-corrected chi connectivity index (χ2v) is 4.52. The van der Waals surface area contributed by atoms with E-state index in [9.17, 15) is 5.11 Å². The van der Waals surface area contributed by atoms with Crippen molar-refractivity contribution in [2.75, 3.05) is 0 Å². The molecule has 1 aromatic heterocycles. The average Bonchev–Trinajstić information content (AvgIpc) is 2.37. The molecule has 1 N–H and O–H groups in total. The van der Waals surface area contributed by atoms with Gasteiger partial charge in [-0.1, -0.05) is 26.3 Å². The Bertz CT molecular complexity index is 498. The summed E-state index contributed by atoms with van der Waals surface area (Å²) >= 11 is 0. The summed E-state index contributed by atoms with van der Waals surface area (Å²) in [6, 6.07) is 5.78. The maximum absolute atomic E-state index is 10.2. The van der Waals surface area contributed by atoms with Gasteiger partial charge >= 0.3 is 0 Å². The third-order valence-corrected chi connectivity index (χ3v) is 3.12. The molecule has 0 radical (unpaired) electrons. The van der Waals surface area contributed by atoms with Crippen LogP contribution in [0.25, 0.3) is 11.0 Å². The maximum atomic E-state index is 10.2. The molecule has 0 saturated heterocycles. The van der Waals surface area contributed by atoms with E-state index in [0.717, 1.165) is 29.4 Å². The molecule has 2 aromatic rings. The lowest BCUT2D eigenvalue weighted by Gasteiger charge is -2.18. The van der Waals surface area contributed by atoms with E-state index in [2.05, 4.69) is 23.8 Å². The van der Waals surface area contributed by atoms with Gasteiger partial charge in [-0.25, -0.2) is 0 Å². The molecule has 0 aliphatic heterocycles. The molecule has 1 heterocycles. The maximum Gasteiger partial charge on any atom is 0.0890 e. The molecule has 2 unspecified atom stereocenters. The third-order valence-electron chi connectivity index (χ3n) is 3.12. The Hall–Kier alpha value is -1.48. The van der Waals surface area contributed by atoms with E-state index in [1.165, 1.54) is 0 Å². The van der Waals surface area contributed by atoms with Crippen LogP contribution in [0.4, 0.5) is 0 Å². The highest BCUT2D eigenvalue weighted by molar-refractivity contribution is 5.74. The lowest BCUT2D eigenvalue weighted by atomic mass is 9.93. The van der Waals surface area contributed by atoms with Gasteiger partial charge in [-0.05, 0) is 30.0 Å². The molecular weight excluding hydrogens is 212 g/mol. The van der Waals surface area contributed by atoms with Crippen LogP contribution in [0.15, 0.2) is 30.6 Å². The van der Waals surface area contributed by atoms with Crippen LogP contribution in [-0.2, 0) is 0 Å². The zero-order valence-electron chi connectivity index (χ0n) is 10.3. The number of nitrogens with zero attached hydrogens (tertiary/aromatic N) is 2. The van der Waals surface area contributed by atoms with Gasteiger partial charge in [0.2, 0.25) is 0 Å². The largest absolute Gasteiger partial charge is 0.388 e. The van der Waals surface area contributed by atoms with Gasteiger partial charge in [0.05, 0.1) is 17.1 Å². The van der Waals surface area contributed by atoms with Crippen LogP contribution in [-0.4, -0.2) is 15.1 Å². The second-order valence-electron chi connectivity index (χ2n) is 4.52. The number of hydrogen-bond donors (Lipinski definition) is 1. The molecule has 0 bridgehead atoms. The standard InChI is InChI=1S/C14H18N2O/c1-3-4-10(2)14(17)11-5-6-12-13(9-11)16-8-7-15-12/h5-10,14,17H,3-4H2,1-2H3. The van der Waals surface area contributed by atoms with Crippen molar-refractivity contribution >= 4 is 11.0 Å². The van der Waals surface area contributed by atoms with Gasteiger partial charge in [-0.15, -0.1) is 0 Å². The summed E-state index contributed by atoms with van der Waals surface area (Å²) in [6.45, 7) is 4.21. The first-order chi connectivity index (χ1) is 8.22. The highest BCUT2D eigenvalue weighted by Crippen LogP contribution is 2.26. The number of hydrogen-bond acceptors (Lipinski definition) is 3. The summed E-state index contributed by atoms with van der Waals surface area (Å²) in [6.07, 6.45) is 5.05. The van der Waals surface area contributed by atoms with Crippen molar-refractivity contribution in [3.63, 3.8) is 0 Å². The van der Waals surface area contributed by atoms with Crippen LogP contribution in [0.1, 0.15) is 38.4 Å². The predicted octanol–water partition coefficient (Wildman–Crippen LogP) is 3.10. The normalized spacial score (nSPS) is 14.8. The van der Waals surface area contributed by atoms with E-state index in [-0.39, 0.29) is 5.92 Å². The van der Waals surface area contributed by atoms with Crippen molar-refractivity contribution in [2.45, 2.75) is 32.8 Å². The smallest absolute Gasteiger partial charge is 0.0890 e. The number of aromatic nitrogens is 2. The monoisotopic (exact) mass is 230 g/mol. The molecule has 0 aliphatic rings. The fraction of sp³-hybridized carbons (Fsp3) is 0.429. The Balaban J connectivity index is 2.29. The second kappa shape index (κ2) is 5.23. The Morgan fingerprint density at radius 3 is 2.59 bits per heavy atom. The van der Waals surface area contributed by atoms with Crippen molar-refractivity contribution in [1.82, 2.24) is 9.97 Å². The van der Waals surface area contributed by atoms with Gasteiger partial charge in [0.25, 0.3) is 0 Å². The van der Waals surface area contributed by atoms with Crippen LogP contribution < -0.4 is 0 Å². The van der Waals surface area contributed by atoms with Crippen LogP contribution in [0.3, 0.4) is 0 Å². The summed E-state index contributed by atoms with van der Waals surface area (Å²) in [7, 11) is 0. The number of fused-ring (bicyclic) bond motifs is 1. The van der Waals surface area contributed by atoms with Crippen molar-refractivity contribution in [2.24, 2.45) is 5.92 Å². The van der Waals surface area contributed by atoms with E-state index in [0.29, 0.717) is 0 Å². The third kappa shape index (κ3) is 2.61. The predicted molar refractivity (Wildman–Crippen MR) is 68.6 cm³/mol. The molecule has 3 nitrogen and oxygen atoms in total. The van der Waals surface area contributed by atoms with Gasteiger partial charge < -0.3 is 5.11 Å². The van der Waals surface area contributed by atoms with Crippen LogP contribution >= 0.6 is 0 Å². The fourth-order valence-electron chi connectivity index (χ4n) is 2.11. The lowest BCUT2D eigenvalue weighted by molar-refractivity contribution is 0.112. The number of aliphatic hydroxyl groups excluding tert-OH is 1. The quantitative estimate of drug-likeness (QED) is 0.877. The minimum atomic E-state index is -0.415. The summed E-state index contributed by atoms with van der Waals surface area (Å²) < 4.78 is 0. The molecule has 2 atom stereocenters. The first-order valence-corrected chi connectivity index (χ1v) is 6.11. The highest BCUT2D eigenvalue weighted by atomic mass is 16.3. The van der Waals surface area contributed by atoms with E-state index < -0.39 is 6.10 Å². The van der Waals surface area contributed by atoms with E-state index >= 15 is 0 Å². The van der Waals surface area contributed by atoms with Gasteiger partial charge in [0, 0.05) is 12.4 Å². The van der Waals surface area contributed by atoms with Crippen LogP contribution in [0.2, 0.25) is 0 Å². The van der Waals surface area contributed by atoms with E-state index in [4.69, 9.17) is 0 Å². The Morgan fingerprint density at radius 1 is 1.18 bits per heavy atom. The van der Waals surface area contributed by atoms with Gasteiger partial charge in [-0.3, -0.25) is 9.97 Å². The van der Waals surface area contributed by atoms with Gasteiger partial charge in [-0.2, -0.15) is 0 Å². The molecule has 0 amide bonds. The number of rotatable bonds is 4. The topological polar surface area (TPSA) is 46.0 Å².